The molecule has 2 aromatic carbocycles. The minimum absolute atomic E-state index is 0.122. The molecule has 0 spiro atoms. The summed E-state index contributed by atoms with van der Waals surface area (Å²) in [5.74, 6) is 0.966. The summed E-state index contributed by atoms with van der Waals surface area (Å²) in [5, 5.41) is 8.14. The van der Waals surface area contributed by atoms with Crippen LogP contribution < -0.4 is 4.74 Å². The van der Waals surface area contributed by atoms with Crippen molar-refractivity contribution in [3.05, 3.63) is 59.4 Å². The van der Waals surface area contributed by atoms with E-state index in [4.69, 9.17) is 10.1 Å². The average molecular weight is 408 g/mol. The normalized spacial score (nSPS) is 15.6. The highest BCUT2D eigenvalue weighted by Gasteiger charge is 2.27. The Hall–Kier alpha value is -2.42. The van der Waals surface area contributed by atoms with E-state index in [1.165, 1.54) is 0 Å². The SMILES string of the molecule is C/C=C(\C(C)=N)c1ccc(OC(CC)CCC)c(-c2cccc(F)c2C2CCC2)c1. The molecule has 1 N–H and O–H groups in total. The van der Waals surface area contributed by atoms with Crippen LogP contribution in [0.4, 0.5) is 4.39 Å². The van der Waals surface area contributed by atoms with Gasteiger partial charge in [0.1, 0.15) is 11.6 Å². The van der Waals surface area contributed by atoms with E-state index < -0.39 is 0 Å². The molecule has 0 amide bonds. The molecule has 0 aliphatic heterocycles. The molecule has 30 heavy (non-hydrogen) atoms. The Morgan fingerprint density at radius 2 is 1.97 bits per heavy atom. The first-order valence-electron chi connectivity index (χ1n) is 11.3. The summed E-state index contributed by atoms with van der Waals surface area (Å²) in [4.78, 5) is 0. The number of ether oxygens (including phenoxy) is 1. The molecule has 3 rings (SSSR count). The van der Waals surface area contributed by atoms with Gasteiger partial charge in [0, 0.05) is 11.3 Å². The molecule has 1 atom stereocenters. The van der Waals surface area contributed by atoms with Gasteiger partial charge < -0.3 is 10.1 Å². The van der Waals surface area contributed by atoms with Gasteiger partial charge in [0.15, 0.2) is 0 Å². The number of nitrogens with one attached hydrogen (secondary N) is 1. The third kappa shape index (κ3) is 4.66. The number of rotatable bonds is 9. The van der Waals surface area contributed by atoms with Crippen LogP contribution in [0.15, 0.2) is 42.5 Å². The van der Waals surface area contributed by atoms with E-state index in [1.54, 1.807) is 19.1 Å². The van der Waals surface area contributed by atoms with E-state index in [-0.39, 0.29) is 17.8 Å². The third-order valence-electron chi connectivity index (χ3n) is 6.20. The Labute approximate surface area is 180 Å². The van der Waals surface area contributed by atoms with Gasteiger partial charge in [-0.3, -0.25) is 0 Å². The van der Waals surface area contributed by atoms with Crippen LogP contribution in [-0.4, -0.2) is 11.8 Å². The first kappa shape index (κ1) is 22.3. The molecule has 0 aromatic heterocycles. The number of halogens is 1. The zero-order valence-corrected chi connectivity index (χ0v) is 18.7. The van der Waals surface area contributed by atoms with Crippen molar-refractivity contribution in [3.63, 3.8) is 0 Å². The molecular weight excluding hydrogens is 373 g/mol. The highest BCUT2D eigenvalue weighted by molar-refractivity contribution is 6.21. The van der Waals surface area contributed by atoms with Crippen molar-refractivity contribution >= 4 is 11.3 Å². The lowest BCUT2D eigenvalue weighted by Gasteiger charge is -2.29. The minimum atomic E-state index is -0.122. The third-order valence-corrected chi connectivity index (χ3v) is 6.20. The quantitative estimate of drug-likeness (QED) is 0.418. The van der Waals surface area contributed by atoms with Gasteiger partial charge in [0.25, 0.3) is 0 Å². The fourth-order valence-corrected chi connectivity index (χ4v) is 4.34. The Kier molecular flexibility index (Phi) is 7.47. The van der Waals surface area contributed by atoms with Crippen molar-refractivity contribution in [2.75, 3.05) is 0 Å². The topological polar surface area (TPSA) is 33.1 Å². The van der Waals surface area contributed by atoms with Crippen molar-refractivity contribution in [1.82, 2.24) is 0 Å². The first-order valence-corrected chi connectivity index (χ1v) is 11.3. The molecule has 1 aliphatic carbocycles. The van der Waals surface area contributed by atoms with Gasteiger partial charge in [0.2, 0.25) is 0 Å². The van der Waals surface area contributed by atoms with Crippen molar-refractivity contribution in [2.24, 2.45) is 0 Å². The predicted octanol–water partition coefficient (Wildman–Crippen LogP) is 8.16. The van der Waals surface area contributed by atoms with E-state index in [2.05, 4.69) is 19.9 Å². The first-order chi connectivity index (χ1) is 14.5. The second-order valence-electron chi connectivity index (χ2n) is 8.30. The molecule has 0 saturated heterocycles. The van der Waals surface area contributed by atoms with E-state index in [9.17, 15) is 4.39 Å². The molecule has 1 aliphatic rings. The van der Waals surface area contributed by atoms with Gasteiger partial charge in [-0.1, -0.05) is 51.0 Å². The van der Waals surface area contributed by atoms with Crippen LogP contribution in [0.2, 0.25) is 0 Å². The molecule has 1 fully saturated rings. The number of allylic oxidation sites excluding steroid dienone is 2. The highest BCUT2D eigenvalue weighted by atomic mass is 19.1. The van der Waals surface area contributed by atoms with Crippen LogP contribution >= 0.6 is 0 Å². The fourth-order valence-electron chi connectivity index (χ4n) is 4.34. The summed E-state index contributed by atoms with van der Waals surface area (Å²) in [7, 11) is 0. The number of hydrogen-bond acceptors (Lipinski definition) is 2. The molecule has 0 bridgehead atoms. The zero-order valence-electron chi connectivity index (χ0n) is 18.7. The van der Waals surface area contributed by atoms with Gasteiger partial charge in [-0.2, -0.15) is 0 Å². The van der Waals surface area contributed by atoms with E-state index >= 15 is 0 Å². The Morgan fingerprint density at radius 3 is 2.53 bits per heavy atom. The molecule has 3 heteroatoms. The Morgan fingerprint density at radius 1 is 1.20 bits per heavy atom. The molecule has 160 valence electrons. The summed E-state index contributed by atoms with van der Waals surface area (Å²) in [6, 6.07) is 11.5. The van der Waals surface area contributed by atoms with Crippen LogP contribution in [0, 0.1) is 11.2 Å². The van der Waals surface area contributed by atoms with E-state index in [1.807, 2.05) is 31.2 Å². The highest BCUT2D eigenvalue weighted by Crippen LogP contribution is 2.45. The monoisotopic (exact) mass is 407 g/mol. The second-order valence-corrected chi connectivity index (χ2v) is 8.30. The maximum atomic E-state index is 15.0. The van der Waals surface area contributed by atoms with E-state index in [0.29, 0.717) is 5.71 Å². The van der Waals surface area contributed by atoms with Crippen molar-refractivity contribution in [3.8, 4) is 16.9 Å². The van der Waals surface area contributed by atoms with Crippen LogP contribution in [0.1, 0.15) is 83.3 Å². The van der Waals surface area contributed by atoms with Crippen molar-refractivity contribution < 1.29 is 9.13 Å². The molecule has 2 nitrogen and oxygen atoms in total. The van der Waals surface area contributed by atoms with Crippen LogP contribution in [0.25, 0.3) is 16.7 Å². The summed E-state index contributed by atoms with van der Waals surface area (Å²) < 4.78 is 21.4. The predicted molar refractivity (Wildman–Crippen MR) is 125 cm³/mol. The maximum absolute atomic E-state index is 15.0. The van der Waals surface area contributed by atoms with Crippen LogP contribution in [-0.2, 0) is 0 Å². The Bertz CT molecular complexity index is 926. The molecular formula is C27H34FNO. The molecule has 0 heterocycles. The van der Waals surface area contributed by atoms with Gasteiger partial charge >= 0.3 is 0 Å². The molecule has 1 unspecified atom stereocenters. The lowest BCUT2D eigenvalue weighted by Crippen LogP contribution is -2.16. The molecule has 0 radical (unpaired) electrons. The molecule has 1 saturated carbocycles. The van der Waals surface area contributed by atoms with Gasteiger partial charge in [-0.15, -0.1) is 0 Å². The van der Waals surface area contributed by atoms with Crippen LogP contribution in [0.3, 0.4) is 0 Å². The van der Waals surface area contributed by atoms with Gasteiger partial charge in [-0.05, 0) is 85.9 Å². The van der Waals surface area contributed by atoms with Crippen molar-refractivity contribution in [1.29, 1.82) is 5.41 Å². The largest absolute Gasteiger partial charge is 0.490 e. The number of hydrogen-bond donors (Lipinski definition) is 1. The standard InChI is InChI=1S/C27H34FNO/c1-5-10-21(6-2)30-26-16-15-20(22(7-3)18(4)29)17-24(26)23-13-9-14-25(28)27(23)19-11-8-12-19/h7,9,13-17,19,21,29H,5-6,8,10-12H2,1-4H3/b22-7+,29-18?. The lowest BCUT2D eigenvalue weighted by atomic mass is 9.76. The summed E-state index contributed by atoms with van der Waals surface area (Å²) in [6.45, 7) is 8.07. The fraction of sp³-hybridized carbons (Fsp3) is 0.444. The van der Waals surface area contributed by atoms with E-state index in [0.717, 1.165) is 72.1 Å². The van der Waals surface area contributed by atoms with Crippen molar-refractivity contribution in [2.45, 2.75) is 78.2 Å². The average Bonchev–Trinajstić information content (AvgIpc) is 2.69. The summed E-state index contributed by atoms with van der Waals surface area (Å²) in [6.07, 6.45) is 8.34. The maximum Gasteiger partial charge on any atom is 0.127 e. The van der Waals surface area contributed by atoms with Gasteiger partial charge in [0.05, 0.1) is 6.10 Å². The number of benzene rings is 2. The zero-order chi connectivity index (χ0) is 21.7. The van der Waals surface area contributed by atoms with Gasteiger partial charge in [-0.25, -0.2) is 4.39 Å². The smallest absolute Gasteiger partial charge is 0.127 e. The molecule has 2 aromatic rings. The second kappa shape index (κ2) is 10.1. The minimum Gasteiger partial charge on any atom is -0.490 e. The summed E-state index contributed by atoms with van der Waals surface area (Å²) >= 11 is 0. The lowest BCUT2D eigenvalue weighted by molar-refractivity contribution is 0.186. The Balaban J connectivity index is 2.17. The summed E-state index contributed by atoms with van der Waals surface area (Å²) in [5.41, 5.74) is 5.07. The van der Waals surface area contributed by atoms with Crippen LogP contribution in [0.5, 0.6) is 5.75 Å².